The van der Waals surface area contributed by atoms with E-state index in [1.54, 1.807) is 4.90 Å². The van der Waals surface area contributed by atoms with Crippen LogP contribution in [-0.4, -0.2) is 22.8 Å². The van der Waals surface area contributed by atoms with Crippen LogP contribution >= 0.6 is 11.3 Å². The summed E-state index contributed by atoms with van der Waals surface area (Å²) in [4.78, 5) is 34.8. The van der Waals surface area contributed by atoms with E-state index in [4.69, 9.17) is 0 Å². The summed E-state index contributed by atoms with van der Waals surface area (Å²) in [6.07, 6.45) is 5.43. The van der Waals surface area contributed by atoms with E-state index in [9.17, 15) is 9.59 Å². The third kappa shape index (κ3) is 5.22. The fourth-order valence-electron chi connectivity index (χ4n) is 4.86. The van der Waals surface area contributed by atoms with E-state index >= 15 is 0 Å². The number of anilines is 1. The van der Waals surface area contributed by atoms with Crippen molar-refractivity contribution in [2.24, 2.45) is 0 Å². The molecule has 0 bridgehead atoms. The SMILES string of the molecule is Cc1ccc(N(C(=O)c2sc(C)nc2C)[C@H](C(=O)NC2CCCCC2)c2ccccc2)c(C)c1. The number of nitrogens with zero attached hydrogens (tertiary/aromatic N) is 2. The van der Waals surface area contributed by atoms with Crippen molar-refractivity contribution in [1.29, 1.82) is 0 Å². The van der Waals surface area contributed by atoms with Gasteiger partial charge in [-0.05, 0) is 57.7 Å². The lowest BCUT2D eigenvalue weighted by atomic mass is 9.94. The molecule has 2 aromatic carbocycles. The van der Waals surface area contributed by atoms with Gasteiger partial charge in [0.15, 0.2) is 0 Å². The van der Waals surface area contributed by atoms with Gasteiger partial charge in [0.1, 0.15) is 10.9 Å². The molecular weight excluding hydrogens is 442 g/mol. The minimum Gasteiger partial charge on any atom is -0.351 e. The summed E-state index contributed by atoms with van der Waals surface area (Å²) in [5, 5.41) is 4.12. The van der Waals surface area contributed by atoms with Crippen LogP contribution in [0.15, 0.2) is 48.5 Å². The number of hydrogen-bond donors (Lipinski definition) is 1. The largest absolute Gasteiger partial charge is 0.351 e. The van der Waals surface area contributed by atoms with Crippen molar-refractivity contribution in [2.75, 3.05) is 4.90 Å². The summed E-state index contributed by atoms with van der Waals surface area (Å²) in [5.41, 5.74) is 4.30. The summed E-state index contributed by atoms with van der Waals surface area (Å²) in [5.74, 6) is -0.326. The Labute approximate surface area is 206 Å². The van der Waals surface area contributed by atoms with Crippen LogP contribution in [0, 0.1) is 27.7 Å². The predicted molar refractivity (Wildman–Crippen MR) is 139 cm³/mol. The first kappa shape index (κ1) is 24.1. The Morgan fingerprint density at radius 2 is 1.71 bits per heavy atom. The molecule has 1 atom stereocenters. The molecule has 3 aromatic rings. The molecular formula is C28H33N3O2S. The number of carbonyl (C=O) groups excluding carboxylic acids is 2. The third-order valence-corrected chi connectivity index (χ3v) is 7.56. The lowest BCUT2D eigenvalue weighted by molar-refractivity contribution is -0.123. The highest BCUT2D eigenvalue weighted by Gasteiger charge is 2.36. The van der Waals surface area contributed by atoms with Gasteiger partial charge >= 0.3 is 0 Å². The Hall–Kier alpha value is -2.99. The average Bonchev–Trinajstić information content (AvgIpc) is 3.16. The number of nitrogens with one attached hydrogen (secondary N) is 1. The first-order valence-electron chi connectivity index (χ1n) is 12.1. The van der Waals surface area contributed by atoms with Crippen LogP contribution in [0.3, 0.4) is 0 Å². The number of amides is 2. The quantitative estimate of drug-likeness (QED) is 0.461. The van der Waals surface area contributed by atoms with Gasteiger partial charge in [0.25, 0.3) is 5.91 Å². The second-order valence-electron chi connectivity index (χ2n) is 9.27. The van der Waals surface area contributed by atoms with Crippen molar-refractivity contribution in [3.05, 3.63) is 80.8 Å². The summed E-state index contributed by atoms with van der Waals surface area (Å²) in [7, 11) is 0. The zero-order chi connectivity index (χ0) is 24.2. The number of aromatic nitrogens is 1. The molecule has 0 aliphatic heterocycles. The molecule has 1 fully saturated rings. The molecule has 1 saturated carbocycles. The highest BCUT2D eigenvalue weighted by atomic mass is 32.1. The lowest BCUT2D eigenvalue weighted by Gasteiger charge is -2.34. The summed E-state index contributed by atoms with van der Waals surface area (Å²) < 4.78 is 0. The third-order valence-electron chi connectivity index (χ3n) is 6.50. The number of aryl methyl sites for hydroxylation is 4. The number of rotatable bonds is 6. The Morgan fingerprint density at radius 3 is 2.32 bits per heavy atom. The van der Waals surface area contributed by atoms with Crippen LogP contribution in [0.4, 0.5) is 5.69 Å². The van der Waals surface area contributed by atoms with E-state index in [-0.39, 0.29) is 17.9 Å². The maximum Gasteiger partial charge on any atom is 0.271 e. The standard InChI is InChI=1S/C28H33N3O2S/c1-18-15-16-24(19(2)17-18)31(28(33)26-20(3)29-21(4)34-26)25(22-11-7-5-8-12-22)27(32)30-23-13-9-6-10-14-23/h5,7-8,11-12,15-17,23,25H,6,9-10,13-14H2,1-4H3,(H,30,32)/t25-/m0/s1. The number of thiazole rings is 1. The number of carbonyl (C=O) groups is 2. The van der Waals surface area contributed by atoms with Crippen molar-refractivity contribution in [3.63, 3.8) is 0 Å². The van der Waals surface area contributed by atoms with Crippen LogP contribution in [0.1, 0.15) is 75.2 Å². The highest BCUT2D eigenvalue weighted by molar-refractivity contribution is 7.13. The van der Waals surface area contributed by atoms with Gasteiger partial charge in [-0.3, -0.25) is 14.5 Å². The molecule has 5 nitrogen and oxygen atoms in total. The summed E-state index contributed by atoms with van der Waals surface area (Å²) >= 11 is 1.38. The summed E-state index contributed by atoms with van der Waals surface area (Å²) in [6.45, 7) is 7.79. The molecule has 6 heteroatoms. The smallest absolute Gasteiger partial charge is 0.271 e. The van der Waals surface area contributed by atoms with Crippen LogP contribution in [0.5, 0.6) is 0 Å². The second-order valence-corrected chi connectivity index (χ2v) is 10.5. The van der Waals surface area contributed by atoms with E-state index in [0.717, 1.165) is 53.1 Å². The number of hydrogen-bond acceptors (Lipinski definition) is 4. The topological polar surface area (TPSA) is 62.3 Å². The van der Waals surface area contributed by atoms with Crippen molar-refractivity contribution >= 4 is 28.8 Å². The molecule has 0 radical (unpaired) electrons. The zero-order valence-corrected chi connectivity index (χ0v) is 21.2. The van der Waals surface area contributed by atoms with Crippen molar-refractivity contribution in [3.8, 4) is 0 Å². The fourth-order valence-corrected chi connectivity index (χ4v) is 5.72. The van der Waals surface area contributed by atoms with Gasteiger partial charge in [-0.25, -0.2) is 4.98 Å². The molecule has 34 heavy (non-hydrogen) atoms. The van der Waals surface area contributed by atoms with E-state index in [1.165, 1.54) is 17.8 Å². The van der Waals surface area contributed by atoms with E-state index in [2.05, 4.69) is 16.4 Å². The minimum atomic E-state index is -0.779. The molecule has 1 heterocycles. The van der Waals surface area contributed by atoms with Gasteiger partial charge in [0.2, 0.25) is 5.91 Å². The molecule has 1 aliphatic carbocycles. The maximum atomic E-state index is 14.1. The average molecular weight is 476 g/mol. The van der Waals surface area contributed by atoms with E-state index in [1.807, 2.05) is 70.2 Å². The maximum absolute atomic E-state index is 14.1. The summed E-state index contributed by atoms with van der Waals surface area (Å²) in [6, 6.07) is 15.0. The van der Waals surface area contributed by atoms with Crippen LogP contribution in [-0.2, 0) is 4.79 Å². The molecule has 1 aliphatic rings. The molecule has 0 saturated heterocycles. The molecule has 4 rings (SSSR count). The molecule has 2 amide bonds. The first-order chi connectivity index (χ1) is 16.3. The first-order valence-corrected chi connectivity index (χ1v) is 12.9. The Balaban J connectivity index is 1.84. The van der Waals surface area contributed by atoms with Crippen molar-refractivity contribution in [2.45, 2.75) is 71.9 Å². The van der Waals surface area contributed by atoms with E-state index in [0.29, 0.717) is 10.6 Å². The molecule has 1 N–H and O–H groups in total. The zero-order valence-electron chi connectivity index (χ0n) is 20.4. The highest BCUT2D eigenvalue weighted by Crippen LogP contribution is 2.34. The fraction of sp³-hybridized carbons (Fsp3) is 0.393. The van der Waals surface area contributed by atoms with Crippen LogP contribution in [0.2, 0.25) is 0 Å². The lowest BCUT2D eigenvalue weighted by Crippen LogP contribution is -2.47. The van der Waals surface area contributed by atoms with Crippen LogP contribution < -0.4 is 10.2 Å². The van der Waals surface area contributed by atoms with E-state index < -0.39 is 6.04 Å². The molecule has 178 valence electrons. The van der Waals surface area contributed by atoms with Gasteiger partial charge in [-0.15, -0.1) is 11.3 Å². The minimum absolute atomic E-state index is 0.134. The van der Waals surface area contributed by atoms with Crippen molar-refractivity contribution in [1.82, 2.24) is 10.3 Å². The van der Waals surface area contributed by atoms with Gasteiger partial charge in [0, 0.05) is 11.7 Å². The Morgan fingerprint density at radius 1 is 1.00 bits per heavy atom. The van der Waals surface area contributed by atoms with Gasteiger partial charge < -0.3 is 5.32 Å². The van der Waals surface area contributed by atoms with Gasteiger partial charge in [0.05, 0.1) is 10.7 Å². The van der Waals surface area contributed by atoms with Crippen molar-refractivity contribution < 1.29 is 9.59 Å². The molecule has 0 unspecified atom stereocenters. The molecule has 1 aromatic heterocycles. The Bertz CT molecular complexity index is 1170. The van der Waals surface area contributed by atoms with Crippen LogP contribution in [0.25, 0.3) is 0 Å². The monoisotopic (exact) mass is 475 g/mol. The Kier molecular flexibility index (Phi) is 7.47. The predicted octanol–water partition coefficient (Wildman–Crippen LogP) is 6.21. The normalized spacial score (nSPS) is 15.1. The molecule has 0 spiro atoms. The number of benzene rings is 2. The van der Waals surface area contributed by atoms with Gasteiger partial charge in [-0.1, -0.05) is 67.3 Å². The second kappa shape index (κ2) is 10.5. The van der Waals surface area contributed by atoms with Gasteiger partial charge in [-0.2, -0.15) is 0 Å².